The second-order valence-corrected chi connectivity index (χ2v) is 8.29. The Morgan fingerprint density at radius 2 is 2.22 bits per heavy atom. The van der Waals surface area contributed by atoms with E-state index in [4.69, 9.17) is 5.10 Å². The molecule has 2 aliphatic rings. The van der Waals surface area contributed by atoms with Crippen molar-refractivity contribution in [2.45, 2.75) is 31.7 Å². The maximum Gasteiger partial charge on any atom is 0.317 e. The number of hydrogen-bond donors (Lipinski definition) is 2. The molecule has 0 radical (unpaired) electrons. The van der Waals surface area contributed by atoms with Gasteiger partial charge >= 0.3 is 6.03 Å². The van der Waals surface area contributed by atoms with Gasteiger partial charge in [0.2, 0.25) is 0 Å². The standard InChI is InChI=1S/C19H21BrN6O/c1-2-21-18(27)25-5-3-19(11-25)4-6-26-16(19)8-15(24-26)12-7-13-14(20)10-23-17(13)22-9-12/h7-10H,2-6,11H2,1H3,(H,21,27)(H,22,23). The van der Waals surface area contributed by atoms with Crippen molar-refractivity contribution in [3.8, 4) is 11.3 Å². The fraction of sp³-hybridized carbons (Fsp3) is 0.421. The van der Waals surface area contributed by atoms with Crippen molar-refractivity contribution >= 4 is 33.0 Å². The van der Waals surface area contributed by atoms with Crippen LogP contribution in [-0.4, -0.2) is 50.3 Å². The Kier molecular flexibility index (Phi) is 3.79. The molecule has 2 aliphatic heterocycles. The monoisotopic (exact) mass is 428 g/mol. The molecule has 3 aromatic rings. The number of nitrogens with zero attached hydrogens (tertiary/aromatic N) is 4. The number of pyridine rings is 1. The number of H-pyrrole nitrogens is 1. The van der Waals surface area contributed by atoms with Gasteiger partial charge in [-0.15, -0.1) is 0 Å². The predicted molar refractivity (Wildman–Crippen MR) is 107 cm³/mol. The van der Waals surface area contributed by atoms with Gasteiger partial charge in [0.1, 0.15) is 5.65 Å². The van der Waals surface area contributed by atoms with Crippen molar-refractivity contribution in [1.82, 2.24) is 30.0 Å². The number of hydrogen-bond acceptors (Lipinski definition) is 3. The fourth-order valence-corrected chi connectivity index (χ4v) is 4.85. The summed E-state index contributed by atoms with van der Waals surface area (Å²) in [5.74, 6) is 0. The normalized spacial score (nSPS) is 21.3. The second-order valence-electron chi connectivity index (χ2n) is 7.43. The summed E-state index contributed by atoms with van der Waals surface area (Å²) in [5.41, 5.74) is 4.10. The second kappa shape index (κ2) is 6.09. The number of halogens is 1. The van der Waals surface area contributed by atoms with Crippen molar-refractivity contribution in [3.63, 3.8) is 0 Å². The van der Waals surface area contributed by atoms with E-state index in [9.17, 15) is 4.79 Å². The summed E-state index contributed by atoms with van der Waals surface area (Å²) >= 11 is 3.56. The van der Waals surface area contributed by atoms with Crippen molar-refractivity contribution in [2.24, 2.45) is 0 Å². The molecule has 0 aliphatic carbocycles. The largest absolute Gasteiger partial charge is 0.345 e. The SMILES string of the molecule is CCNC(=O)N1CCC2(CCn3nc(-c4cnc5[nH]cc(Br)c5c4)cc32)C1. The van der Waals surface area contributed by atoms with Gasteiger partial charge in [-0.1, -0.05) is 0 Å². The van der Waals surface area contributed by atoms with E-state index in [1.54, 1.807) is 0 Å². The van der Waals surface area contributed by atoms with Gasteiger partial charge < -0.3 is 15.2 Å². The van der Waals surface area contributed by atoms with Crippen LogP contribution in [0.25, 0.3) is 22.3 Å². The summed E-state index contributed by atoms with van der Waals surface area (Å²) < 4.78 is 3.12. The van der Waals surface area contributed by atoms with Gasteiger partial charge in [-0.3, -0.25) is 4.68 Å². The number of urea groups is 1. The highest BCUT2D eigenvalue weighted by Crippen LogP contribution is 2.43. The number of fused-ring (bicyclic) bond motifs is 3. The van der Waals surface area contributed by atoms with Crippen LogP contribution >= 0.6 is 15.9 Å². The fourth-order valence-electron chi connectivity index (χ4n) is 4.44. The maximum absolute atomic E-state index is 12.2. The Hall–Kier alpha value is -2.35. The Bertz CT molecular complexity index is 1040. The smallest absolute Gasteiger partial charge is 0.317 e. The summed E-state index contributed by atoms with van der Waals surface area (Å²) in [6.07, 6.45) is 5.81. The molecule has 1 spiro atoms. The molecule has 3 aromatic heterocycles. The number of likely N-dealkylation sites (tertiary alicyclic amines) is 1. The molecular weight excluding hydrogens is 408 g/mol. The van der Waals surface area contributed by atoms with Gasteiger partial charge in [0.15, 0.2) is 0 Å². The van der Waals surface area contributed by atoms with E-state index in [1.165, 1.54) is 5.69 Å². The molecule has 2 amide bonds. The zero-order chi connectivity index (χ0) is 18.6. The van der Waals surface area contributed by atoms with Gasteiger partial charge in [0.25, 0.3) is 0 Å². The third-order valence-electron chi connectivity index (χ3n) is 5.87. The molecular formula is C19H21BrN6O. The molecule has 1 saturated heterocycles. The average Bonchev–Trinajstić information content (AvgIpc) is 3.42. The minimum Gasteiger partial charge on any atom is -0.345 e. The Balaban J connectivity index is 1.47. The first kappa shape index (κ1) is 16.8. The van der Waals surface area contributed by atoms with Crippen molar-refractivity contribution in [1.29, 1.82) is 0 Å². The maximum atomic E-state index is 12.2. The molecule has 7 nitrogen and oxygen atoms in total. The van der Waals surface area contributed by atoms with Gasteiger partial charge in [-0.25, -0.2) is 9.78 Å². The van der Waals surface area contributed by atoms with E-state index in [2.05, 4.69) is 48.0 Å². The van der Waals surface area contributed by atoms with Crippen LogP contribution in [-0.2, 0) is 12.0 Å². The lowest BCUT2D eigenvalue weighted by atomic mass is 9.82. The van der Waals surface area contributed by atoms with Crippen LogP contribution in [0, 0.1) is 0 Å². The summed E-state index contributed by atoms with van der Waals surface area (Å²) in [7, 11) is 0. The predicted octanol–water partition coefficient (Wildman–Crippen LogP) is 3.27. The molecule has 1 fully saturated rings. The minimum absolute atomic E-state index is 0.0303. The number of aryl methyl sites for hydroxylation is 1. The van der Waals surface area contributed by atoms with Crippen LogP contribution in [0.2, 0.25) is 0 Å². The summed E-state index contributed by atoms with van der Waals surface area (Å²) in [5, 5.41) is 8.81. The first-order valence-corrected chi connectivity index (χ1v) is 10.1. The lowest BCUT2D eigenvalue weighted by molar-refractivity contribution is 0.206. The van der Waals surface area contributed by atoms with E-state index in [0.29, 0.717) is 6.54 Å². The van der Waals surface area contributed by atoms with E-state index in [1.807, 2.05) is 24.2 Å². The lowest BCUT2D eigenvalue weighted by Gasteiger charge is -2.23. The number of carbonyl (C=O) groups is 1. The first-order chi connectivity index (χ1) is 13.1. The quantitative estimate of drug-likeness (QED) is 0.657. The Morgan fingerprint density at radius 1 is 1.37 bits per heavy atom. The van der Waals surface area contributed by atoms with Gasteiger partial charge in [-0.2, -0.15) is 5.10 Å². The molecule has 1 atom stereocenters. The summed E-state index contributed by atoms with van der Waals surface area (Å²) in [6.45, 7) is 5.09. The molecule has 8 heteroatoms. The highest BCUT2D eigenvalue weighted by molar-refractivity contribution is 9.10. The third-order valence-corrected chi connectivity index (χ3v) is 6.53. The molecule has 5 rings (SSSR count). The highest BCUT2D eigenvalue weighted by Gasteiger charge is 2.46. The van der Waals surface area contributed by atoms with Gasteiger partial charge in [-0.05, 0) is 47.8 Å². The summed E-state index contributed by atoms with van der Waals surface area (Å²) in [6, 6.07) is 4.35. The average molecular weight is 429 g/mol. The van der Waals surface area contributed by atoms with Crippen LogP contribution in [0.15, 0.2) is 29.0 Å². The van der Waals surface area contributed by atoms with Crippen LogP contribution in [0.3, 0.4) is 0 Å². The van der Waals surface area contributed by atoms with Gasteiger partial charge in [0.05, 0.1) is 5.69 Å². The number of aromatic amines is 1. The van der Waals surface area contributed by atoms with Crippen LogP contribution < -0.4 is 5.32 Å². The third kappa shape index (κ3) is 2.57. The molecule has 1 unspecified atom stereocenters. The number of nitrogens with one attached hydrogen (secondary N) is 2. The van der Waals surface area contributed by atoms with E-state index >= 15 is 0 Å². The van der Waals surface area contributed by atoms with Crippen molar-refractivity contribution in [3.05, 3.63) is 34.7 Å². The van der Waals surface area contributed by atoms with Crippen LogP contribution in [0.4, 0.5) is 4.79 Å². The van der Waals surface area contributed by atoms with Crippen molar-refractivity contribution in [2.75, 3.05) is 19.6 Å². The number of carbonyl (C=O) groups excluding carboxylic acids is 1. The van der Waals surface area contributed by atoms with Crippen LogP contribution in [0.5, 0.6) is 0 Å². The molecule has 2 N–H and O–H groups in total. The van der Waals surface area contributed by atoms with Crippen LogP contribution in [0.1, 0.15) is 25.5 Å². The number of rotatable bonds is 2. The highest BCUT2D eigenvalue weighted by atomic mass is 79.9. The lowest BCUT2D eigenvalue weighted by Crippen LogP contribution is -2.40. The zero-order valence-electron chi connectivity index (χ0n) is 15.1. The Morgan fingerprint density at radius 3 is 3.07 bits per heavy atom. The summed E-state index contributed by atoms with van der Waals surface area (Å²) in [4.78, 5) is 21.8. The molecule has 5 heterocycles. The van der Waals surface area contributed by atoms with E-state index in [0.717, 1.165) is 59.2 Å². The number of aromatic nitrogens is 4. The molecule has 27 heavy (non-hydrogen) atoms. The zero-order valence-corrected chi connectivity index (χ0v) is 16.7. The van der Waals surface area contributed by atoms with Crippen molar-refractivity contribution < 1.29 is 4.79 Å². The topological polar surface area (TPSA) is 78.8 Å². The van der Waals surface area contributed by atoms with E-state index < -0.39 is 0 Å². The minimum atomic E-state index is 0.0303. The molecule has 0 bridgehead atoms. The van der Waals surface area contributed by atoms with Gasteiger partial charge in [0, 0.05) is 65.1 Å². The molecule has 0 saturated carbocycles. The molecule has 0 aromatic carbocycles. The Labute approximate surface area is 165 Å². The molecule has 140 valence electrons. The first-order valence-electron chi connectivity index (χ1n) is 9.34. The number of amides is 2. The van der Waals surface area contributed by atoms with E-state index in [-0.39, 0.29) is 11.4 Å².